The molecule has 1 saturated heterocycles. The Morgan fingerprint density at radius 3 is 2.56 bits per heavy atom. The molecule has 0 spiro atoms. The fourth-order valence-electron chi connectivity index (χ4n) is 2.64. The van der Waals surface area contributed by atoms with Crippen molar-refractivity contribution < 1.29 is 14.0 Å². The number of nitrogens with two attached hydrogens (primary N) is 1. The van der Waals surface area contributed by atoms with Gasteiger partial charge in [-0.1, -0.05) is 6.07 Å². The van der Waals surface area contributed by atoms with Gasteiger partial charge in [0.1, 0.15) is 0 Å². The number of piperidine rings is 1. The van der Waals surface area contributed by atoms with Crippen LogP contribution in [0.5, 0.6) is 0 Å². The third-order valence-corrected chi connectivity index (χ3v) is 4.42. The number of carbonyl (C=O) groups is 2. The molecule has 1 aromatic heterocycles. The van der Waals surface area contributed by atoms with E-state index in [1.807, 2.05) is 0 Å². The first kappa shape index (κ1) is 19.5. The van der Waals surface area contributed by atoms with E-state index in [0.717, 1.165) is 12.8 Å². The summed E-state index contributed by atoms with van der Waals surface area (Å²) in [5, 5.41) is 2.73. The van der Waals surface area contributed by atoms with Gasteiger partial charge in [-0.3, -0.25) is 9.59 Å². The van der Waals surface area contributed by atoms with E-state index in [4.69, 9.17) is 10.2 Å². The van der Waals surface area contributed by atoms with Crippen LogP contribution in [0.25, 0.3) is 0 Å². The fraction of sp³-hybridized carbons (Fsp3) is 0.294. The Morgan fingerprint density at radius 2 is 1.92 bits per heavy atom. The van der Waals surface area contributed by atoms with Crippen LogP contribution in [0.2, 0.25) is 0 Å². The van der Waals surface area contributed by atoms with Crippen molar-refractivity contribution in [3.8, 4) is 0 Å². The van der Waals surface area contributed by atoms with Crippen molar-refractivity contribution in [3.05, 3.63) is 52.4 Å². The van der Waals surface area contributed by atoms with Crippen molar-refractivity contribution in [2.45, 2.75) is 18.9 Å². The Labute approximate surface area is 160 Å². The van der Waals surface area contributed by atoms with Crippen LogP contribution < -0.4 is 11.1 Å². The summed E-state index contributed by atoms with van der Waals surface area (Å²) in [7, 11) is 0. The predicted molar refractivity (Wildman–Crippen MR) is 101 cm³/mol. The van der Waals surface area contributed by atoms with Gasteiger partial charge in [0.2, 0.25) is 0 Å². The molecule has 134 valence electrons. The lowest BCUT2D eigenvalue weighted by molar-refractivity contribution is 0.0714. The van der Waals surface area contributed by atoms with Crippen molar-refractivity contribution in [1.29, 1.82) is 0 Å². The van der Waals surface area contributed by atoms with Crippen molar-refractivity contribution in [1.82, 2.24) is 4.90 Å². The zero-order chi connectivity index (χ0) is 17.1. The molecule has 2 amide bonds. The first-order valence-electron chi connectivity index (χ1n) is 7.74. The van der Waals surface area contributed by atoms with Gasteiger partial charge in [-0.25, -0.2) is 0 Å². The molecule has 25 heavy (non-hydrogen) atoms. The summed E-state index contributed by atoms with van der Waals surface area (Å²) in [6, 6.07) is 10.3. The minimum atomic E-state index is -0.366. The van der Waals surface area contributed by atoms with E-state index in [1.54, 1.807) is 41.3 Å². The Balaban J connectivity index is 0.00000225. The van der Waals surface area contributed by atoms with E-state index in [9.17, 15) is 9.59 Å². The second-order valence-corrected chi connectivity index (χ2v) is 6.55. The van der Waals surface area contributed by atoms with Gasteiger partial charge in [0.05, 0.1) is 0 Å². The molecule has 2 aromatic rings. The number of rotatable bonds is 3. The van der Waals surface area contributed by atoms with Gasteiger partial charge in [-0.2, -0.15) is 0 Å². The minimum Gasteiger partial charge on any atom is -0.444 e. The monoisotopic (exact) mass is 427 g/mol. The summed E-state index contributed by atoms with van der Waals surface area (Å²) in [6.07, 6.45) is 1.63. The molecule has 0 saturated carbocycles. The lowest BCUT2D eigenvalue weighted by atomic mass is 10.0. The van der Waals surface area contributed by atoms with Gasteiger partial charge in [0, 0.05) is 30.4 Å². The molecule has 0 atom stereocenters. The number of hydrogen-bond donors (Lipinski definition) is 2. The highest BCUT2D eigenvalue weighted by Crippen LogP contribution is 2.18. The maximum atomic E-state index is 12.6. The molecule has 3 rings (SSSR count). The molecule has 2 heterocycles. The second-order valence-electron chi connectivity index (χ2n) is 5.77. The molecule has 3 N–H and O–H groups in total. The van der Waals surface area contributed by atoms with Crippen molar-refractivity contribution >= 4 is 45.8 Å². The number of benzene rings is 1. The molecule has 0 aliphatic carbocycles. The molecule has 6 nitrogen and oxygen atoms in total. The Kier molecular flexibility index (Phi) is 6.64. The van der Waals surface area contributed by atoms with E-state index < -0.39 is 0 Å². The van der Waals surface area contributed by atoms with Gasteiger partial charge < -0.3 is 20.4 Å². The van der Waals surface area contributed by atoms with Crippen LogP contribution in [-0.2, 0) is 0 Å². The number of anilines is 1. The number of carbonyl (C=O) groups excluding carboxylic acids is 2. The second kappa shape index (κ2) is 8.51. The predicted octanol–water partition coefficient (Wildman–Crippen LogP) is 3.28. The van der Waals surface area contributed by atoms with Crippen LogP contribution in [0.4, 0.5) is 5.69 Å². The SMILES string of the molecule is Cl.NC1CCN(C(=O)c2cccc(NC(=O)c3ccc(Br)o3)c2)CC1. The van der Waals surface area contributed by atoms with E-state index >= 15 is 0 Å². The topological polar surface area (TPSA) is 88.6 Å². The summed E-state index contributed by atoms with van der Waals surface area (Å²) in [5.74, 6) is -0.211. The first-order valence-corrected chi connectivity index (χ1v) is 8.54. The smallest absolute Gasteiger partial charge is 0.291 e. The Morgan fingerprint density at radius 1 is 1.20 bits per heavy atom. The van der Waals surface area contributed by atoms with Crippen LogP contribution in [0.15, 0.2) is 45.5 Å². The zero-order valence-corrected chi connectivity index (χ0v) is 15.8. The van der Waals surface area contributed by atoms with Crippen LogP contribution in [0.1, 0.15) is 33.8 Å². The lowest BCUT2D eigenvalue weighted by Gasteiger charge is -2.30. The third kappa shape index (κ3) is 4.84. The third-order valence-electron chi connectivity index (χ3n) is 3.99. The molecule has 0 radical (unpaired) electrons. The van der Waals surface area contributed by atoms with Crippen molar-refractivity contribution in [2.24, 2.45) is 5.73 Å². The van der Waals surface area contributed by atoms with Crippen LogP contribution in [-0.4, -0.2) is 35.8 Å². The standard InChI is InChI=1S/C17H18BrN3O3.ClH/c18-15-5-4-14(24-15)16(22)20-13-3-1-2-11(10-13)17(23)21-8-6-12(19)7-9-21;/h1-5,10,12H,6-9,19H2,(H,20,22);1H. The van der Waals surface area contributed by atoms with Gasteiger partial charge >= 0.3 is 0 Å². The molecule has 1 aliphatic heterocycles. The Hall–Kier alpha value is -1.83. The summed E-state index contributed by atoms with van der Waals surface area (Å²) < 4.78 is 5.70. The average molecular weight is 429 g/mol. The number of hydrogen-bond acceptors (Lipinski definition) is 4. The lowest BCUT2D eigenvalue weighted by Crippen LogP contribution is -2.42. The minimum absolute atomic E-state index is 0. The fourth-order valence-corrected chi connectivity index (χ4v) is 2.95. The van der Waals surface area contributed by atoms with E-state index in [0.29, 0.717) is 29.0 Å². The molecular weight excluding hydrogens is 410 g/mol. The molecule has 1 aliphatic rings. The highest BCUT2D eigenvalue weighted by molar-refractivity contribution is 9.10. The van der Waals surface area contributed by atoms with Crippen molar-refractivity contribution in [2.75, 3.05) is 18.4 Å². The van der Waals surface area contributed by atoms with E-state index in [1.165, 1.54) is 0 Å². The maximum absolute atomic E-state index is 12.6. The number of furan rings is 1. The maximum Gasteiger partial charge on any atom is 0.291 e. The summed E-state index contributed by atoms with van der Waals surface area (Å²) >= 11 is 3.16. The van der Waals surface area contributed by atoms with Gasteiger partial charge in [0.25, 0.3) is 11.8 Å². The highest BCUT2D eigenvalue weighted by atomic mass is 79.9. The summed E-state index contributed by atoms with van der Waals surface area (Å²) in [4.78, 5) is 26.5. The molecule has 8 heteroatoms. The molecule has 1 aromatic carbocycles. The van der Waals surface area contributed by atoms with Gasteiger partial charge in [0.15, 0.2) is 10.4 Å². The van der Waals surface area contributed by atoms with E-state index in [2.05, 4.69) is 21.2 Å². The zero-order valence-electron chi connectivity index (χ0n) is 13.4. The average Bonchev–Trinajstić information content (AvgIpc) is 3.02. The van der Waals surface area contributed by atoms with Crippen molar-refractivity contribution in [3.63, 3.8) is 0 Å². The quantitative estimate of drug-likeness (QED) is 0.785. The molecular formula is C17H19BrClN3O3. The Bertz CT molecular complexity index is 757. The largest absolute Gasteiger partial charge is 0.444 e. The summed E-state index contributed by atoms with van der Waals surface area (Å²) in [6.45, 7) is 1.33. The normalized spacial score (nSPS) is 14.7. The number of likely N-dealkylation sites (tertiary alicyclic amines) is 1. The van der Waals surface area contributed by atoms with Crippen LogP contribution in [0.3, 0.4) is 0 Å². The van der Waals surface area contributed by atoms with Gasteiger partial charge in [-0.15, -0.1) is 12.4 Å². The highest BCUT2D eigenvalue weighted by Gasteiger charge is 2.22. The molecule has 1 fully saturated rings. The first-order chi connectivity index (χ1) is 11.5. The summed E-state index contributed by atoms with van der Waals surface area (Å²) in [5.41, 5.74) is 6.97. The van der Waals surface area contributed by atoms with Crippen LogP contribution in [0, 0.1) is 0 Å². The number of amides is 2. The van der Waals surface area contributed by atoms with Crippen LogP contribution >= 0.6 is 28.3 Å². The van der Waals surface area contributed by atoms with E-state index in [-0.39, 0.29) is 36.0 Å². The molecule has 0 unspecified atom stereocenters. The number of nitrogens with one attached hydrogen (secondary N) is 1. The molecule has 0 bridgehead atoms. The van der Waals surface area contributed by atoms with Gasteiger partial charge in [-0.05, 0) is 59.1 Å². The number of nitrogens with zero attached hydrogens (tertiary/aromatic N) is 1. The number of halogens is 2.